The largest absolute Gasteiger partial charge is 0.348 e. The van der Waals surface area contributed by atoms with E-state index in [0.717, 1.165) is 24.5 Å². The van der Waals surface area contributed by atoms with Gasteiger partial charge in [0.15, 0.2) is 0 Å². The molecule has 2 atom stereocenters. The van der Waals surface area contributed by atoms with Crippen molar-refractivity contribution in [3.05, 3.63) is 29.6 Å². The fourth-order valence-corrected chi connectivity index (χ4v) is 2.49. The monoisotopic (exact) mass is 232 g/mol. The van der Waals surface area contributed by atoms with Gasteiger partial charge in [-0.15, -0.1) is 0 Å². The minimum absolute atomic E-state index is 0.0344. The molecule has 1 aromatic rings. The van der Waals surface area contributed by atoms with E-state index in [2.05, 4.69) is 17.2 Å². The highest BCUT2D eigenvalue weighted by atomic mass is 16.1. The molecule has 3 heteroatoms. The highest BCUT2D eigenvalue weighted by Gasteiger charge is 2.21. The van der Waals surface area contributed by atoms with Crippen LogP contribution in [0.5, 0.6) is 0 Å². The van der Waals surface area contributed by atoms with Crippen LogP contribution in [0.1, 0.15) is 48.8 Å². The van der Waals surface area contributed by atoms with Gasteiger partial charge >= 0.3 is 0 Å². The van der Waals surface area contributed by atoms with Gasteiger partial charge in [0, 0.05) is 11.7 Å². The van der Waals surface area contributed by atoms with Crippen molar-refractivity contribution >= 4 is 5.91 Å². The van der Waals surface area contributed by atoms with E-state index in [0.29, 0.717) is 11.7 Å². The van der Waals surface area contributed by atoms with E-state index in [9.17, 15) is 4.79 Å². The van der Waals surface area contributed by atoms with Gasteiger partial charge in [-0.1, -0.05) is 25.8 Å². The van der Waals surface area contributed by atoms with Gasteiger partial charge in [0.2, 0.25) is 0 Å². The summed E-state index contributed by atoms with van der Waals surface area (Å²) in [6.07, 6.45) is 4.70. The summed E-state index contributed by atoms with van der Waals surface area (Å²) in [6.45, 7) is 4.16. The molecule has 2 unspecified atom stereocenters. The van der Waals surface area contributed by atoms with Crippen LogP contribution in [0.3, 0.4) is 0 Å². The molecule has 1 fully saturated rings. The summed E-state index contributed by atoms with van der Waals surface area (Å²) in [6, 6.07) is 5.88. The average Bonchev–Trinajstić information content (AvgIpc) is 2.29. The van der Waals surface area contributed by atoms with Gasteiger partial charge in [0.1, 0.15) is 5.69 Å². The highest BCUT2D eigenvalue weighted by Crippen LogP contribution is 2.23. The Morgan fingerprint density at radius 2 is 2.24 bits per heavy atom. The lowest BCUT2D eigenvalue weighted by atomic mass is 9.87. The molecule has 1 saturated carbocycles. The maximum absolute atomic E-state index is 12.0. The van der Waals surface area contributed by atoms with Gasteiger partial charge in [0.05, 0.1) is 0 Å². The molecule has 0 bridgehead atoms. The Kier molecular flexibility index (Phi) is 3.77. The van der Waals surface area contributed by atoms with E-state index < -0.39 is 0 Å². The summed E-state index contributed by atoms with van der Waals surface area (Å²) in [5.74, 6) is 0.687. The zero-order valence-electron chi connectivity index (χ0n) is 10.6. The lowest BCUT2D eigenvalue weighted by Crippen LogP contribution is -2.38. The summed E-state index contributed by atoms with van der Waals surface area (Å²) in [5, 5.41) is 3.09. The Bertz CT molecular complexity index is 403. The molecule has 3 nitrogen and oxygen atoms in total. The molecule has 1 aliphatic carbocycles. The zero-order chi connectivity index (χ0) is 12.3. The molecule has 0 saturated heterocycles. The third-order valence-corrected chi connectivity index (χ3v) is 3.39. The number of pyridine rings is 1. The maximum atomic E-state index is 12.0. The van der Waals surface area contributed by atoms with Crippen molar-refractivity contribution in [1.82, 2.24) is 10.3 Å². The van der Waals surface area contributed by atoms with Gasteiger partial charge in [-0.2, -0.15) is 0 Å². The number of aryl methyl sites for hydroxylation is 1. The zero-order valence-corrected chi connectivity index (χ0v) is 10.6. The number of nitrogens with one attached hydrogen (secondary N) is 1. The SMILES string of the molecule is Cc1cccc(C(=O)NC2CCCC(C)C2)n1. The first-order valence-corrected chi connectivity index (χ1v) is 6.39. The quantitative estimate of drug-likeness (QED) is 0.851. The second-order valence-corrected chi connectivity index (χ2v) is 5.11. The maximum Gasteiger partial charge on any atom is 0.270 e. The van der Waals surface area contributed by atoms with Crippen molar-refractivity contribution in [2.45, 2.75) is 45.6 Å². The molecule has 1 heterocycles. The van der Waals surface area contributed by atoms with Crippen molar-refractivity contribution in [3.8, 4) is 0 Å². The Hall–Kier alpha value is -1.38. The van der Waals surface area contributed by atoms with E-state index >= 15 is 0 Å². The number of rotatable bonds is 2. The fourth-order valence-electron chi connectivity index (χ4n) is 2.49. The standard InChI is InChI=1S/C14H20N2O/c1-10-5-3-7-12(9-10)16-14(17)13-8-4-6-11(2)15-13/h4,6,8,10,12H,3,5,7,9H2,1-2H3,(H,16,17). The predicted molar refractivity (Wildman–Crippen MR) is 67.9 cm³/mol. The van der Waals surface area contributed by atoms with Crippen molar-refractivity contribution < 1.29 is 4.79 Å². The fraction of sp³-hybridized carbons (Fsp3) is 0.571. The molecule has 1 amide bonds. The normalized spacial score (nSPS) is 24.4. The first kappa shape index (κ1) is 12.1. The Morgan fingerprint density at radius 3 is 2.94 bits per heavy atom. The first-order valence-electron chi connectivity index (χ1n) is 6.39. The van der Waals surface area contributed by atoms with E-state index in [1.165, 1.54) is 12.8 Å². The third kappa shape index (κ3) is 3.29. The van der Waals surface area contributed by atoms with Crippen LogP contribution in [0.4, 0.5) is 0 Å². The lowest BCUT2D eigenvalue weighted by Gasteiger charge is -2.27. The average molecular weight is 232 g/mol. The number of amides is 1. The Labute approximate surface area is 103 Å². The van der Waals surface area contributed by atoms with E-state index in [-0.39, 0.29) is 5.91 Å². The van der Waals surface area contributed by atoms with Gasteiger partial charge in [-0.05, 0) is 37.8 Å². The van der Waals surface area contributed by atoms with Crippen LogP contribution in [0.25, 0.3) is 0 Å². The van der Waals surface area contributed by atoms with Crippen LogP contribution in [0.15, 0.2) is 18.2 Å². The Morgan fingerprint density at radius 1 is 1.41 bits per heavy atom. The van der Waals surface area contributed by atoms with Crippen molar-refractivity contribution in [2.75, 3.05) is 0 Å². The second-order valence-electron chi connectivity index (χ2n) is 5.11. The summed E-state index contributed by atoms with van der Waals surface area (Å²) < 4.78 is 0. The number of hydrogen-bond donors (Lipinski definition) is 1. The molecule has 1 aromatic heterocycles. The lowest BCUT2D eigenvalue weighted by molar-refractivity contribution is 0.0916. The summed E-state index contributed by atoms with van der Waals surface area (Å²) >= 11 is 0. The molecular formula is C14H20N2O. The van der Waals surface area contributed by atoms with Crippen LogP contribution in [0.2, 0.25) is 0 Å². The molecule has 1 N–H and O–H groups in total. The second kappa shape index (κ2) is 5.30. The van der Waals surface area contributed by atoms with Crippen LogP contribution in [-0.4, -0.2) is 16.9 Å². The van der Waals surface area contributed by atoms with Crippen LogP contribution in [0, 0.1) is 12.8 Å². The van der Waals surface area contributed by atoms with Crippen molar-refractivity contribution in [1.29, 1.82) is 0 Å². The van der Waals surface area contributed by atoms with Crippen LogP contribution >= 0.6 is 0 Å². The number of aromatic nitrogens is 1. The summed E-state index contributed by atoms with van der Waals surface area (Å²) in [7, 11) is 0. The third-order valence-electron chi connectivity index (χ3n) is 3.39. The minimum Gasteiger partial charge on any atom is -0.348 e. The van der Waals surface area contributed by atoms with E-state index in [1.807, 2.05) is 19.1 Å². The molecule has 0 aromatic carbocycles. The Balaban J connectivity index is 1.97. The van der Waals surface area contributed by atoms with Crippen molar-refractivity contribution in [3.63, 3.8) is 0 Å². The molecule has 17 heavy (non-hydrogen) atoms. The highest BCUT2D eigenvalue weighted by molar-refractivity contribution is 5.92. The topological polar surface area (TPSA) is 42.0 Å². The molecule has 0 spiro atoms. The molecule has 0 aliphatic heterocycles. The van der Waals surface area contributed by atoms with Gasteiger partial charge in [-0.3, -0.25) is 4.79 Å². The van der Waals surface area contributed by atoms with Crippen molar-refractivity contribution in [2.24, 2.45) is 5.92 Å². The van der Waals surface area contributed by atoms with Crippen LogP contribution < -0.4 is 5.32 Å². The predicted octanol–water partition coefficient (Wildman–Crippen LogP) is 2.70. The smallest absolute Gasteiger partial charge is 0.270 e. The van der Waals surface area contributed by atoms with E-state index in [1.54, 1.807) is 6.07 Å². The summed E-state index contributed by atoms with van der Waals surface area (Å²) in [4.78, 5) is 16.2. The summed E-state index contributed by atoms with van der Waals surface area (Å²) in [5.41, 5.74) is 1.41. The molecule has 1 aliphatic rings. The van der Waals surface area contributed by atoms with Crippen LogP contribution in [-0.2, 0) is 0 Å². The molecule has 92 valence electrons. The van der Waals surface area contributed by atoms with Gasteiger partial charge in [0.25, 0.3) is 5.91 Å². The van der Waals surface area contributed by atoms with Gasteiger partial charge in [-0.25, -0.2) is 4.98 Å². The molecule has 2 rings (SSSR count). The number of nitrogens with zero attached hydrogens (tertiary/aromatic N) is 1. The molecular weight excluding hydrogens is 212 g/mol. The number of hydrogen-bond acceptors (Lipinski definition) is 2. The van der Waals surface area contributed by atoms with E-state index in [4.69, 9.17) is 0 Å². The first-order chi connectivity index (χ1) is 8.15. The molecule has 0 radical (unpaired) electrons. The number of carbonyl (C=O) groups excluding carboxylic acids is 1. The van der Waals surface area contributed by atoms with Gasteiger partial charge < -0.3 is 5.32 Å². The minimum atomic E-state index is -0.0344. The number of carbonyl (C=O) groups is 1.